The molecule has 0 amide bonds. The van der Waals surface area contributed by atoms with Crippen LogP contribution in [0, 0.1) is 5.92 Å². The SMILES string of the molecule is CCN1CCC[C@H]1CN[C@@H](C)CC(C)C. The minimum Gasteiger partial charge on any atom is -0.313 e. The Morgan fingerprint density at radius 1 is 1.33 bits per heavy atom. The van der Waals surface area contributed by atoms with Gasteiger partial charge in [0.05, 0.1) is 0 Å². The molecule has 0 bridgehead atoms. The van der Waals surface area contributed by atoms with E-state index in [-0.39, 0.29) is 0 Å². The van der Waals surface area contributed by atoms with Crippen molar-refractivity contribution in [3.05, 3.63) is 0 Å². The fourth-order valence-electron chi connectivity index (χ4n) is 2.67. The molecule has 15 heavy (non-hydrogen) atoms. The summed E-state index contributed by atoms with van der Waals surface area (Å²) in [7, 11) is 0. The van der Waals surface area contributed by atoms with Gasteiger partial charge < -0.3 is 5.32 Å². The summed E-state index contributed by atoms with van der Waals surface area (Å²) in [5.41, 5.74) is 0. The predicted octanol–water partition coefficient (Wildman–Crippen LogP) is 2.49. The van der Waals surface area contributed by atoms with Gasteiger partial charge in [-0.2, -0.15) is 0 Å². The standard InChI is InChI=1S/C13H28N2/c1-5-15-8-6-7-13(15)10-14-12(4)9-11(2)3/h11-14H,5-10H2,1-4H3/t12-,13-/m0/s1. The molecule has 2 atom stereocenters. The Hall–Kier alpha value is -0.0800. The van der Waals surface area contributed by atoms with E-state index < -0.39 is 0 Å². The number of hydrogen-bond acceptors (Lipinski definition) is 2. The van der Waals surface area contributed by atoms with Crippen molar-refractivity contribution in [3.63, 3.8) is 0 Å². The minimum atomic E-state index is 0.671. The van der Waals surface area contributed by atoms with Gasteiger partial charge in [0.15, 0.2) is 0 Å². The molecule has 0 spiro atoms. The topological polar surface area (TPSA) is 15.3 Å². The molecule has 1 aliphatic heterocycles. The van der Waals surface area contributed by atoms with E-state index in [2.05, 4.69) is 37.9 Å². The van der Waals surface area contributed by atoms with Crippen LogP contribution in [0.25, 0.3) is 0 Å². The van der Waals surface area contributed by atoms with Crippen LogP contribution in [-0.2, 0) is 0 Å². The molecule has 90 valence electrons. The molecule has 2 heteroatoms. The van der Waals surface area contributed by atoms with Crippen molar-refractivity contribution < 1.29 is 0 Å². The van der Waals surface area contributed by atoms with Crippen molar-refractivity contribution >= 4 is 0 Å². The second-order valence-corrected chi connectivity index (χ2v) is 5.36. The Balaban J connectivity index is 2.18. The molecule has 1 saturated heterocycles. The zero-order chi connectivity index (χ0) is 11.3. The zero-order valence-electron chi connectivity index (χ0n) is 10.9. The number of likely N-dealkylation sites (N-methyl/N-ethyl adjacent to an activating group) is 1. The van der Waals surface area contributed by atoms with Gasteiger partial charge >= 0.3 is 0 Å². The van der Waals surface area contributed by atoms with Gasteiger partial charge in [0.1, 0.15) is 0 Å². The van der Waals surface area contributed by atoms with Crippen LogP contribution < -0.4 is 5.32 Å². The summed E-state index contributed by atoms with van der Waals surface area (Å²) in [5.74, 6) is 0.804. The van der Waals surface area contributed by atoms with E-state index in [1.54, 1.807) is 0 Å². The second-order valence-electron chi connectivity index (χ2n) is 5.36. The smallest absolute Gasteiger partial charge is 0.0221 e. The van der Waals surface area contributed by atoms with E-state index in [1.807, 2.05) is 0 Å². The molecule has 0 saturated carbocycles. The lowest BCUT2D eigenvalue weighted by Gasteiger charge is -2.25. The summed E-state index contributed by atoms with van der Waals surface area (Å²) >= 11 is 0. The van der Waals surface area contributed by atoms with Gasteiger partial charge in [-0.3, -0.25) is 4.90 Å². The molecule has 0 aromatic heterocycles. The summed E-state index contributed by atoms with van der Waals surface area (Å²) < 4.78 is 0. The Kier molecular flexibility index (Phi) is 5.62. The third-order valence-electron chi connectivity index (χ3n) is 3.43. The van der Waals surface area contributed by atoms with Crippen LogP contribution in [0.2, 0.25) is 0 Å². The molecule has 1 heterocycles. The van der Waals surface area contributed by atoms with Crippen molar-refractivity contribution in [3.8, 4) is 0 Å². The van der Waals surface area contributed by atoms with Crippen LogP contribution in [0.4, 0.5) is 0 Å². The van der Waals surface area contributed by atoms with E-state index in [0.29, 0.717) is 6.04 Å². The summed E-state index contributed by atoms with van der Waals surface area (Å²) in [6.07, 6.45) is 4.06. The van der Waals surface area contributed by atoms with Crippen molar-refractivity contribution in [2.45, 2.75) is 59.0 Å². The number of likely N-dealkylation sites (tertiary alicyclic amines) is 1. The number of rotatable bonds is 6. The average Bonchev–Trinajstić information content (AvgIpc) is 2.60. The van der Waals surface area contributed by atoms with Gasteiger partial charge in [-0.05, 0) is 45.2 Å². The van der Waals surface area contributed by atoms with E-state index in [4.69, 9.17) is 0 Å². The molecule has 0 radical (unpaired) electrons. The maximum Gasteiger partial charge on any atom is 0.0221 e. The van der Waals surface area contributed by atoms with Gasteiger partial charge in [0.25, 0.3) is 0 Å². The summed E-state index contributed by atoms with van der Waals surface area (Å²) in [5, 5.41) is 3.68. The molecule has 1 N–H and O–H groups in total. The van der Waals surface area contributed by atoms with Gasteiger partial charge in [-0.25, -0.2) is 0 Å². The highest BCUT2D eigenvalue weighted by Crippen LogP contribution is 2.16. The first-order chi connectivity index (χ1) is 7.13. The first-order valence-electron chi connectivity index (χ1n) is 6.61. The van der Waals surface area contributed by atoms with E-state index in [0.717, 1.165) is 12.0 Å². The quantitative estimate of drug-likeness (QED) is 0.728. The van der Waals surface area contributed by atoms with Gasteiger partial charge in [0, 0.05) is 18.6 Å². The number of nitrogens with one attached hydrogen (secondary N) is 1. The van der Waals surface area contributed by atoms with Crippen LogP contribution >= 0.6 is 0 Å². The van der Waals surface area contributed by atoms with Crippen molar-refractivity contribution in [2.24, 2.45) is 5.92 Å². The molecule has 0 aliphatic carbocycles. The molecule has 1 aliphatic rings. The first-order valence-corrected chi connectivity index (χ1v) is 6.61. The van der Waals surface area contributed by atoms with Gasteiger partial charge in [-0.1, -0.05) is 20.8 Å². The molecule has 0 unspecified atom stereocenters. The van der Waals surface area contributed by atoms with Crippen LogP contribution in [0.1, 0.15) is 47.0 Å². The lowest BCUT2D eigenvalue weighted by atomic mass is 10.0. The molecule has 2 nitrogen and oxygen atoms in total. The van der Waals surface area contributed by atoms with Gasteiger partial charge in [-0.15, -0.1) is 0 Å². The molecular weight excluding hydrogens is 184 g/mol. The maximum atomic E-state index is 3.68. The molecular formula is C13H28N2. The highest BCUT2D eigenvalue weighted by molar-refractivity contribution is 4.81. The van der Waals surface area contributed by atoms with Crippen molar-refractivity contribution in [1.29, 1.82) is 0 Å². The number of hydrogen-bond donors (Lipinski definition) is 1. The lowest BCUT2D eigenvalue weighted by Crippen LogP contribution is -2.41. The van der Waals surface area contributed by atoms with Crippen LogP contribution in [0.5, 0.6) is 0 Å². The predicted molar refractivity (Wildman–Crippen MR) is 67.2 cm³/mol. The Bertz CT molecular complexity index is 168. The van der Waals surface area contributed by atoms with Crippen LogP contribution in [0.15, 0.2) is 0 Å². The fourth-order valence-corrected chi connectivity index (χ4v) is 2.67. The molecule has 1 rings (SSSR count). The van der Waals surface area contributed by atoms with Crippen LogP contribution in [-0.4, -0.2) is 36.6 Å². The van der Waals surface area contributed by atoms with E-state index in [1.165, 1.54) is 38.9 Å². The molecule has 1 fully saturated rings. The Morgan fingerprint density at radius 3 is 2.67 bits per heavy atom. The molecule has 0 aromatic carbocycles. The minimum absolute atomic E-state index is 0.671. The molecule has 0 aromatic rings. The first kappa shape index (κ1) is 13.0. The summed E-state index contributed by atoms with van der Waals surface area (Å²) in [4.78, 5) is 2.61. The fraction of sp³-hybridized carbons (Fsp3) is 1.00. The summed E-state index contributed by atoms with van der Waals surface area (Å²) in [6.45, 7) is 12.9. The second kappa shape index (κ2) is 6.49. The van der Waals surface area contributed by atoms with E-state index >= 15 is 0 Å². The Labute approximate surface area is 95.4 Å². The van der Waals surface area contributed by atoms with E-state index in [9.17, 15) is 0 Å². The van der Waals surface area contributed by atoms with Crippen molar-refractivity contribution in [1.82, 2.24) is 10.2 Å². The largest absolute Gasteiger partial charge is 0.313 e. The third-order valence-corrected chi connectivity index (χ3v) is 3.43. The highest BCUT2D eigenvalue weighted by atomic mass is 15.2. The number of nitrogens with zero attached hydrogens (tertiary/aromatic N) is 1. The monoisotopic (exact) mass is 212 g/mol. The van der Waals surface area contributed by atoms with Crippen LogP contribution in [0.3, 0.4) is 0 Å². The zero-order valence-corrected chi connectivity index (χ0v) is 10.9. The summed E-state index contributed by atoms with van der Waals surface area (Å²) in [6, 6.07) is 1.47. The lowest BCUT2D eigenvalue weighted by molar-refractivity contribution is 0.251. The third kappa shape index (κ3) is 4.52. The maximum absolute atomic E-state index is 3.68. The normalized spacial score (nSPS) is 25.0. The van der Waals surface area contributed by atoms with Gasteiger partial charge in [0.2, 0.25) is 0 Å². The van der Waals surface area contributed by atoms with Crippen molar-refractivity contribution in [2.75, 3.05) is 19.6 Å². The highest BCUT2D eigenvalue weighted by Gasteiger charge is 2.22. The average molecular weight is 212 g/mol. The Morgan fingerprint density at radius 2 is 2.07 bits per heavy atom.